The van der Waals surface area contributed by atoms with Crippen LogP contribution in [-0.4, -0.2) is 43.6 Å². The molecule has 5 heteroatoms. The number of halogens is 1. The van der Waals surface area contributed by atoms with Crippen LogP contribution >= 0.6 is 0 Å². The summed E-state index contributed by atoms with van der Waals surface area (Å²) in [5.74, 6) is 0.206. The molecule has 1 aliphatic heterocycles. The van der Waals surface area contributed by atoms with E-state index in [-0.39, 0.29) is 11.7 Å². The van der Waals surface area contributed by atoms with Crippen LogP contribution in [0.15, 0.2) is 24.3 Å². The van der Waals surface area contributed by atoms with E-state index in [9.17, 15) is 9.18 Å². The van der Waals surface area contributed by atoms with Gasteiger partial charge >= 0.3 is 0 Å². The number of benzene rings is 1. The standard InChI is InChI=1S/C18H27FN2O2/c1-3-16(23-17-7-5-4-6-15(17)19)18(22)20-11-8-14-9-12-21(2)13-10-14/h4-7,14,16H,3,8-13H2,1-2H3,(H,20,22)/t16-/m1/s1. The second kappa shape index (κ2) is 8.87. The molecule has 0 saturated carbocycles. The molecule has 1 aliphatic rings. The molecule has 0 bridgehead atoms. The summed E-state index contributed by atoms with van der Waals surface area (Å²) in [6, 6.07) is 6.18. The van der Waals surface area contributed by atoms with Crippen molar-refractivity contribution in [2.45, 2.75) is 38.7 Å². The molecule has 0 spiro atoms. The van der Waals surface area contributed by atoms with Crippen molar-refractivity contribution in [2.75, 3.05) is 26.7 Å². The molecule has 1 aromatic rings. The molecule has 1 heterocycles. The lowest BCUT2D eigenvalue weighted by atomic mass is 9.94. The number of amides is 1. The molecule has 1 saturated heterocycles. The molecule has 1 fully saturated rings. The van der Waals surface area contributed by atoms with E-state index in [1.807, 2.05) is 6.92 Å². The first-order valence-corrected chi connectivity index (χ1v) is 8.47. The van der Waals surface area contributed by atoms with Crippen LogP contribution in [0.1, 0.15) is 32.6 Å². The van der Waals surface area contributed by atoms with Crippen LogP contribution in [0.5, 0.6) is 5.75 Å². The van der Waals surface area contributed by atoms with E-state index >= 15 is 0 Å². The average molecular weight is 322 g/mol. The summed E-state index contributed by atoms with van der Waals surface area (Å²) >= 11 is 0. The summed E-state index contributed by atoms with van der Waals surface area (Å²) in [6.45, 7) is 4.78. The summed E-state index contributed by atoms with van der Waals surface area (Å²) < 4.78 is 19.1. The fraction of sp³-hybridized carbons (Fsp3) is 0.611. The third-order valence-electron chi connectivity index (χ3n) is 4.46. The van der Waals surface area contributed by atoms with Gasteiger partial charge in [-0.3, -0.25) is 4.79 Å². The number of para-hydroxylation sites is 1. The number of ether oxygens (including phenoxy) is 1. The normalized spacial score (nSPS) is 17.7. The van der Waals surface area contributed by atoms with Gasteiger partial charge < -0.3 is 15.0 Å². The molecule has 1 N–H and O–H groups in total. The van der Waals surface area contributed by atoms with Gasteiger partial charge in [0.15, 0.2) is 17.7 Å². The zero-order chi connectivity index (χ0) is 16.7. The Morgan fingerprint density at radius 2 is 2.09 bits per heavy atom. The van der Waals surface area contributed by atoms with Gasteiger partial charge in [0, 0.05) is 6.54 Å². The SMILES string of the molecule is CC[C@@H](Oc1ccccc1F)C(=O)NCCC1CCN(C)CC1. The molecule has 128 valence electrons. The summed E-state index contributed by atoms with van der Waals surface area (Å²) in [6.07, 6.45) is 3.23. The highest BCUT2D eigenvalue weighted by molar-refractivity contribution is 5.81. The van der Waals surface area contributed by atoms with E-state index in [0.717, 1.165) is 19.5 Å². The smallest absolute Gasteiger partial charge is 0.261 e. The highest BCUT2D eigenvalue weighted by atomic mass is 19.1. The maximum atomic E-state index is 13.6. The van der Waals surface area contributed by atoms with Crippen molar-refractivity contribution < 1.29 is 13.9 Å². The van der Waals surface area contributed by atoms with Crippen LogP contribution in [0.2, 0.25) is 0 Å². The van der Waals surface area contributed by atoms with E-state index in [0.29, 0.717) is 18.9 Å². The second-order valence-electron chi connectivity index (χ2n) is 6.27. The van der Waals surface area contributed by atoms with Crippen molar-refractivity contribution in [1.29, 1.82) is 0 Å². The fourth-order valence-electron chi connectivity index (χ4n) is 2.88. The van der Waals surface area contributed by atoms with Gasteiger partial charge in [-0.25, -0.2) is 4.39 Å². The molecular weight excluding hydrogens is 295 g/mol. The van der Waals surface area contributed by atoms with Gasteiger partial charge in [0.2, 0.25) is 0 Å². The first kappa shape index (κ1) is 17.7. The summed E-state index contributed by atoms with van der Waals surface area (Å²) in [5.41, 5.74) is 0. The number of rotatable bonds is 7. The van der Waals surface area contributed by atoms with Crippen molar-refractivity contribution in [3.8, 4) is 5.75 Å². The minimum Gasteiger partial charge on any atom is -0.478 e. The van der Waals surface area contributed by atoms with Crippen molar-refractivity contribution in [3.63, 3.8) is 0 Å². The number of hydrogen-bond acceptors (Lipinski definition) is 3. The van der Waals surface area contributed by atoms with Gasteiger partial charge in [-0.15, -0.1) is 0 Å². The fourth-order valence-corrected chi connectivity index (χ4v) is 2.88. The van der Waals surface area contributed by atoms with Crippen LogP contribution in [0.4, 0.5) is 4.39 Å². The largest absolute Gasteiger partial charge is 0.478 e. The predicted molar refractivity (Wildman–Crippen MR) is 89.0 cm³/mol. The number of carbonyl (C=O) groups is 1. The molecular formula is C18H27FN2O2. The Balaban J connectivity index is 1.75. The highest BCUT2D eigenvalue weighted by Gasteiger charge is 2.21. The Morgan fingerprint density at radius 3 is 2.74 bits per heavy atom. The van der Waals surface area contributed by atoms with E-state index in [4.69, 9.17) is 4.74 Å². The summed E-state index contributed by atoms with van der Waals surface area (Å²) in [7, 11) is 2.14. The predicted octanol–water partition coefficient (Wildman–Crippen LogP) is 2.83. The molecule has 0 aliphatic carbocycles. The van der Waals surface area contributed by atoms with Crippen molar-refractivity contribution in [1.82, 2.24) is 10.2 Å². The first-order chi connectivity index (χ1) is 11.1. The number of likely N-dealkylation sites (tertiary alicyclic amines) is 1. The van der Waals surface area contributed by atoms with Crippen LogP contribution in [0.25, 0.3) is 0 Å². The van der Waals surface area contributed by atoms with Crippen LogP contribution in [0.3, 0.4) is 0 Å². The Bertz CT molecular complexity index is 502. The van der Waals surface area contributed by atoms with Crippen molar-refractivity contribution in [3.05, 3.63) is 30.1 Å². The second-order valence-corrected chi connectivity index (χ2v) is 6.27. The molecule has 1 atom stereocenters. The Labute approximate surface area is 138 Å². The third kappa shape index (κ3) is 5.50. The lowest BCUT2D eigenvalue weighted by molar-refractivity contribution is -0.128. The van der Waals surface area contributed by atoms with Gasteiger partial charge in [0.05, 0.1) is 0 Å². The topological polar surface area (TPSA) is 41.6 Å². The lowest BCUT2D eigenvalue weighted by Gasteiger charge is -2.29. The number of nitrogens with zero attached hydrogens (tertiary/aromatic N) is 1. The van der Waals surface area contributed by atoms with Gasteiger partial charge in [-0.05, 0) is 63.9 Å². The maximum absolute atomic E-state index is 13.6. The molecule has 0 unspecified atom stereocenters. The van der Waals surface area contributed by atoms with Gasteiger partial charge in [-0.1, -0.05) is 19.1 Å². The molecule has 0 radical (unpaired) electrons. The van der Waals surface area contributed by atoms with Crippen LogP contribution in [0, 0.1) is 11.7 Å². The van der Waals surface area contributed by atoms with E-state index in [1.165, 1.54) is 18.9 Å². The number of hydrogen-bond donors (Lipinski definition) is 1. The Hall–Kier alpha value is -1.62. The lowest BCUT2D eigenvalue weighted by Crippen LogP contribution is -2.39. The summed E-state index contributed by atoms with van der Waals surface area (Å²) in [5, 5.41) is 2.93. The van der Waals surface area contributed by atoms with Gasteiger partial charge in [-0.2, -0.15) is 0 Å². The molecule has 4 nitrogen and oxygen atoms in total. The third-order valence-corrected chi connectivity index (χ3v) is 4.46. The van der Waals surface area contributed by atoms with E-state index in [2.05, 4.69) is 17.3 Å². The molecule has 0 aromatic heterocycles. The van der Waals surface area contributed by atoms with Crippen LogP contribution < -0.4 is 10.1 Å². The zero-order valence-electron chi connectivity index (χ0n) is 14.1. The Morgan fingerprint density at radius 1 is 1.39 bits per heavy atom. The van der Waals surface area contributed by atoms with Gasteiger partial charge in [0.25, 0.3) is 5.91 Å². The quantitative estimate of drug-likeness (QED) is 0.839. The Kier molecular flexibility index (Phi) is 6.84. The molecule has 1 amide bonds. The number of nitrogens with one attached hydrogen (secondary N) is 1. The molecule has 1 aromatic carbocycles. The maximum Gasteiger partial charge on any atom is 0.261 e. The number of carbonyl (C=O) groups excluding carboxylic acids is 1. The molecule has 23 heavy (non-hydrogen) atoms. The average Bonchev–Trinajstić information content (AvgIpc) is 2.56. The number of piperidine rings is 1. The highest BCUT2D eigenvalue weighted by Crippen LogP contribution is 2.20. The minimum absolute atomic E-state index is 0.129. The van der Waals surface area contributed by atoms with Crippen LogP contribution in [-0.2, 0) is 4.79 Å². The monoisotopic (exact) mass is 322 g/mol. The zero-order valence-corrected chi connectivity index (χ0v) is 14.1. The minimum atomic E-state index is -0.649. The summed E-state index contributed by atoms with van der Waals surface area (Å²) in [4.78, 5) is 14.6. The van der Waals surface area contributed by atoms with Crippen molar-refractivity contribution >= 4 is 5.91 Å². The van der Waals surface area contributed by atoms with E-state index in [1.54, 1.807) is 18.2 Å². The van der Waals surface area contributed by atoms with E-state index < -0.39 is 11.9 Å². The van der Waals surface area contributed by atoms with Gasteiger partial charge in [0.1, 0.15) is 0 Å². The first-order valence-electron chi connectivity index (χ1n) is 8.47. The van der Waals surface area contributed by atoms with Crippen molar-refractivity contribution in [2.24, 2.45) is 5.92 Å². The molecule has 2 rings (SSSR count).